The predicted octanol–water partition coefficient (Wildman–Crippen LogP) is 3.13. The SMILES string of the molecule is O=C(NCCc1ccccc1)c1ccc(Br)c(O)c1. The summed E-state index contributed by atoms with van der Waals surface area (Å²) in [7, 11) is 0. The number of hydrogen-bond donors (Lipinski definition) is 2. The van der Waals surface area contributed by atoms with E-state index in [-0.39, 0.29) is 11.7 Å². The van der Waals surface area contributed by atoms with Crippen LogP contribution in [0.5, 0.6) is 5.75 Å². The van der Waals surface area contributed by atoms with Crippen LogP contribution >= 0.6 is 15.9 Å². The normalized spacial score (nSPS) is 10.2. The Kier molecular flexibility index (Phi) is 4.58. The molecule has 0 heterocycles. The number of carbonyl (C=O) groups is 1. The van der Waals surface area contributed by atoms with Gasteiger partial charge in [-0.25, -0.2) is 0 Å². The van der Waals surface area contributed by atoms with Gasteiger partial charge in [-0.1, -0.05) is 30.3 Å². The third kappa shape index (κ3) is 3.83. The molecular weight excluding hydrogens is 306 g/mol. The molecule has 2 aromatic rings. The average molecular weight is 320 g/mol. The van der Waals surface area contributed by atoms with Gasteiger partial charge in [0.25, 0.3) is 5.91 Å². The largest absolute Gasteiger partial charge is 0.507 e. The molecule has 4 heteroatoms. The Balaban J connectivity index is 1.89. The number of halogens is 1. The summed E-state index contributed by atoms with van der Waals surface area (Å²) in [5, 5.41) is 12.4. The van der Waals surface area contributed by atoms with E-state index >= 15 is 0 Å². The summed E-state index contributed by atoms with van der Waals surface area (Å²) in [6.45, 7) is 0.569. The molecule has 2 N–H and O–H groups in total. The van der Waals surface area contributed by atoms with Crippen molar-refractivity contribution in [2.75, 3.05) is 6.54 Å². The van der Waals surface area contributed by atoms with Gasteiger partial charge in [-0.05, 0) is 46.1 Å². The van der Waals surface area contributed by atoms with Crippen LogP contribution in [-0.4, -0.2) is 17.6 Å². The fourth-order valence-corrected chi connectivity index (χ4v) is 1.97. The van der Waals surface area contributed by atoms with Crippen LogP contribution in [0.25, 0.3) is 0 Å². The average Bonchev–Trinajstić information content (AvgIpc) is 2.43. The van der Waals surface area contributed by atoms with E-state index in [9.17, 15) is 9.90 Å². The molecule has 0 bridgehead atoms. The second kappa shape index (κ2) is 6.38. The fourth-order valence-electron chi connectivity index (χ4n) is 1.72. The molecule has 0 fully saturated rings. The van der Waals surface area contributed by atoms with Gasteiger partial charge >= 0.3 is 0 Å². The quantitative estimate of drug-likeness (QED) is 0.909. The Hall–Kier alpha value is -1.81. The van der Waals surface area contributed by atoms with Crippen molar-refractivity contribution in [3.63, 3.8) is 0 Å². The molecule has 0 atom stereocenters. The summed E-state index contributed by atoms with van der Waals surface area (Å²) >= 11 is 3.18. The molecule has 19 heavy (non-hydrogen) atoms. The Morgan fingerprint density at radius 1 is 1.16 bits per heavy atom. The monoisotopic (exact) mass is 319 g/mol. The molecule has 2 rings (SSSR count). The molecule has 0 aliphatic heterocycles. The predicted molar refractivity (Wildman–Crippen MR) is 78.3 cm³/mol. The summed E-state index contributed by atoms with van der Waals surface area (Å²) in [5.74, 6) is -0.116. The Morgan fingerprint density at radius 2 is 1.89 bits per heavy atom. The van der Waals surface area contributed by atoms with Crippen molar-refractivity contribution in [3.8, 4) is 5.75 Å². The minimum Gasteiger partial charge on any atom is -0.507 e. The number of benzene rings is 2. The molecular formula is C15H14BrNO2. The minimum absolute atomic E-state index is 0.0655. The van der Waals surface area contributed by atoms with Gasteiger partial charge in [-0.15, -0.1) is 0 Å². The van der Waals surface area contributed by atoms with E-state index < -0.39 is 0 Å². The van der Waals surface area contributed by atoms with E-state index in [4.69, 9.17) is 0 Å². The second-order valence-corrected chi connectivity index (χ2v) is 5.01. The molecule has 0 spiro atoms. The third-order valence-corrected chi connectivity index (χ3v) is 3.42. The molecule has 3 nitrogen and oxygen atoms in total. The Labute approximate surface area is 120 Å². The van der Waals surface area contributed by atoms with E-state index in [2.05, 4.69) is 21.2 Å². The van der Waals surface area contributed by atoms with Gasteiger partial charge in [0, 0.05) is 12.1 Å². The molecule has 0 aliphatic carbocycles. The maximum atomic E-state index is 11.9. The first-order chi connectivity index (χ1) is 9.16. The number of rotatable bonds is 4. The molecule has 0 saturated carbocycles. The van der Waals surface area contributed by atoms with Gasteiger partial charge in [0.2, 0.25) is 0 Å². The fraction of sp³-hybridized carbons (Fsp3) is 0.133. The Bertz CT molecular complexity index is 570. The van der Waals surface area contributed by atoms with Crippen molar-refractivity contribution >= 4 is 21.8 Å². The van der Waals surface area contributed by atoms with E-state index in [0.717, 1.165) is 6.42 Å². The molecule has 0 unspecified atom stereocenters. The van der Waals surface area contributed by atoms with Crippen molar-refractivity contribution in [3.05, 3.63) is 64.1 Å². The van der Waals surface area contributed by atoms with Crippen molar-refractivity contribution in [2.45, 2.75) is 6.42 Å². The molecule has 0 aliphatic rings. The highest BCUT2D eigenvalue weighted by molar-refractivity contribution is 9.10. The van der Waals surface area contributed by atoms with Gasteiger partial charge < -0.3 is 10.4 Å². The van der Waals surface area contributed by atoms with Crippen LogP contribution in [0, 0.1) is 0 Å². The number of amides is 1. The van der Waals surface area contributed by atoms with Crippen LogP contribution in [0.1, 0.15) is 15.9 Å². The van der Waals surface area contributed by atoms with E-state index in [1.807, 2.05) is 30.3 Å². The highest BCUT2D eigenvalue weighted by Crippen LogP contribution is 2.24. The van der Waals surface area contributed by atoms with E-state index in [1.54, 1.807) is 12.1 Å². The third-order valence-electron chi connectivity index (χ3n) is 2.75. The zero-order valence-corrected chi connectivity index (χ0v) is 11.9. The van der Waals surface area contributed by atoms with Crippen LogP contribution in [0.15, 0.2) is 53.0 Å². The maximum Gasteiger partial charge on any atom is 0.251 e. The molecule has 2 aromatic carbocycles. The first-order valence-corrected chi connectivity index (χ1v) is 6.77. The minimum atomic E-state index is -0.182. The van der Waals surface area contributed by atoms with Gasteiger partial charge in [0.15, 0.2) is 0 Å². The maximum absolute atomic E-state index is 11.9. The number of nitrogens with one attached hydrogen (secondary N) is 1. The van der Waals surface area contributed by atoms with Crippen molar-refractivity contribution in [1.82, 2.24) is 5.32 Å². The number of carbonyl (C=O) groups excluding carboxylic acids is 1. The van der Waals surface area contributed by atoms with Crippen molar-refractivity contribution in [1.29, 1.82) is 0 Å². The highest BCUT2D eigenvalue weighted by atomic mass is 79.9. The van der Waals surface area contributed by atoms with Gasteiger partial charge in [0.05, 0.1) is 4.47 Å². The molecule has 0 radical (unpaired) electrons. The van der Waals surface area contributed by atoms with Crippen LogP contribution < -0.4 is 5.32 Å². The van der Waals surface area contributed by atoms with Crippen LogP contribution in [0.2, 0.25) is 0 Å². The lowest BCUT2D eigenvalue weighted by Crippen LogP contribution is -2.25. The smallest absolute Gasteiger partial charge is 0.251 e. The number of phenols is 1. The number of hydrogen-bond acceptors (Lipinski definition) is 2. The first kappa shape index (κ1) is 13.6. The highest BCUT2D eigenvalue weighted by Gasteiger charge is 2.07. The summed E-state index contributed by atoms with van der Waals surface area (Å²) in [6, 6.07) is 14.7. The van der Waals surface area contributed by atoms with Gasteiger partial charge in [0.1, 0.15) is 5.75 Å². The summed E-state index contributed by atoms with van der Waals surface area (Å²) in [4.78, 5) is 11.9. The lowest BCUT2D eigenvalue weighted by Gasteiger charge is -2.06. The molecule has 0 saturated heterocycles. The number of phenolic OH excluding ortho intramolecular Hbond substituents is 1. The van der Waals surface area contributed by atoms with E-state index in [0.29, 0.717) is 16.6 Å². The second-order valence-electron chi connectivity index (χ2n) is 4.16. The van der Waals surface area contributed by atoms with Crippen molar-refractivity contribution < 1.29 is 9.90 Å². The van der Waals surface area contributed by atoms with Gasteiger partial charge in [-0.2, -0.15) is 0 Å². The van der Waals surface area contributed by atoms with E-state index in [1.165, 1.54) is 11.6 Å². The van der Waals surface area contributed by atoms with Crippen LogP contribution in [0.4, 0.5) is 0 Å². The molecule has 1 amide bonds. The first-order valence-electron chi connectivity index (χ1n) is 5.97. The molecule has 0 aromatic heterocycles. The standard InChI is InChI=1S/C15H14BrNO2/c16-13-7-6-12(10-14(13)18)15(19)17-9-8-11-4-2-1-3-5-11/h1-7,10,18H,8-9H2,(H,17,19). The van der Waals surface area contributed by atoms with Crippen molar-refractivity contribution in [2.24, 2.45) is 0 Å². The number of aromatic hydroxyl groups is 1. The summed E-state index contributed by atoms with van der Waals surface area (Å²) in [6.07, 6.45) is 0.787. The topological polar surface area (TPSA) is 49.3 Å². The lowest BCUT2D eigenvalue weighted by molar-refractivity contribution is 0.0953. The zero-order valence-electron chi connectivity index (χ0n) is 10.3. The summed E-state index contributed by atoms with van der Waals surface area (Å²) < 4.78 is 0.577. The molecule has 98 valence electrons. The van der Waals surface area contributed by atoms with Gasteiger partial charge in [-0.3, -0.25) is 4.79 Å². The Morgan fingerprint density at radius 3 is 2.58 bits per heavy atom. The van der Waals surface area contributed by atoms with Crippen LogP contribution in [0.3, 0.4) is 0 Å². The van der Waals surface area contributed by atoms with Crippen LogP contribution in [-0.2, 0) is 6.42 Å². The summed E-state index contributed by atoms with van der Waals surface area (Å²) in [5.41, 5.74) is 1.63. The lowest BCUT2D eigenvalue weighted by atomic mass is 10.1. The zero-order chi connectivity index (χ0) is 13.7.